The fourth-order valence-electron chi connectivity index (χ4n) is 4.53. The maximum Gasteiger partial charge on any atom is 0.339 e. The number of rotatable bonds is 4. The van der Waals surface area contributed by atoms with Crippen molar-refractivity contribution in [2.75, 3.05) is 45.7 Å². The van der Waals surface area contributed by atoms with Crippen LogP contribution in [0.5, 0.6) is 5.75 Å². The van der Waals surface area contributed by atoms with Gasteiger partial charge in [-0.05, 0) is 61.2 Å². The van der Waals surface area contributed by atoms with Crippen molar-refractivity contribution < 1.29 is 19.1 Å². The second-order valence-electron chi connectivity index (χ2n) is 8.55. The van der Waals surface area contributed by atoms with Crippen LogP contribution in [0, 0.1) is 5.41 Å². The number of hydrogen-bond acceptors (Lipinski definition) is 6. The minimum Gasteiger partial charge on any atom is -0.497 e. The van der Waals surface area contributed by atoms with Gasteiger partial charge in [-0.2, -0.15) is 0 Å². The molecule has 0 atom stereocenters. The zero-order valence-electron chi connectivity index (χ0n) is 18.9. The number of ether oxygens (including phenoxy) is 2. The number of amides is 1. The van der Waals surface area contributed by atoms with Crippen LogP contribution in [0.15, 0.2) is 42.6 Å². The molecule has 2 aliphatic heterocycles. The van der Waals surface area contributed by atoms with Crippen molar-refractivity contribution in [3.8, 4) is 5.75 Å². The molecule has 1 spiro atoms. The Hall–Kier alpha value is -3.20. The molecule has 8 nitrogen and oxygen atoms in total. The zero-order valence-corrected chi connectivity index (χ0v) is 19.7. The number of carbonyl (C=O) groups is 2. The van der Waals surface area contributed by atoms with Crippen LogP contribution in [0.1, 0.15) is 40.1 Å². The van der Waals surface area contributed by atoms with Gasteiger partial charge in [0.05, 0.1) is 19.8 Å². The van der Waals surface area contributed by atoms with E-state index in [0.717, 1.165) is 50.3 Å². The predicted octanol–water partition coefficient (Wildman–Crippen LogP) is 3.20. The Morgan fingerprint density at radius 1 is 1.06 bits per heavy atom. The van der Waals surface area contributed by atoms with E-state index in [-0.39, 0.29) is 11.3 Å². The molecule has 4 rings (SSSR count). The van der Waals surface area contributed by atoms with Gasteiger partial charge in [-0.1, -0.05) is 6.07 Å². The largest absolute Gasteiger partial charge is 0.497 e. The number of hydrogen-bond donors (Lipinski definition) is 1. The lowest BCUT2D eigenvalue weighted by atomic mass is 9.78. The lowest BCUT2D eigenvalue weighted by molar-refractivity contribution is 0.0599. The number of likely N-dealkylation sites (tertiary alicyclic amines) is 2. The minimum absolute atomic E-state index is 0.0964. The van der Waals surface area contributed by atoms with Crippen LogP contribution in [0.4, 0.5) is 5.69 Å². The first-order valence-corrected chi connectivity index (χ1v) is 11.4. The molecule has 174 valence electrons. The number of pyridine rings is 1. The second kappa shape index (κ2) is 9.74. The van der Waals surface area contributed by atoms with Gasteiger partial charge in [0.15, 0.2) is 5.11 Å². The molecule has 2 saturated heterocycles. The van der Waals surface area contributed by atoms with Gasteiger partial charge in [-0.25, -0.2) is 4.79 Å². The van der Waals surface area contributed by atoms with E-state index in [4.69, 9.17) is 17.0 Å². The molecule has 0 bridgehead atoms. The Morgan fingerprint density at radius 3 is 2.42 bits per heavy atom. The SMILES string of the molecule is COC(=O)c1ccc(C(=O)N2CCC3(CCN(C(=S)Nc4cccc(OC)c4)CC3)C2)nc1. The maximum absolute atomic E-state index is 12.9. The molecule has 1 N–H and O–H groups in total. The Balaban J connectivity index is 1.31. The fourth-order valence-corrected chi connectivity index (χ4v) is 4.83. The van der Waals surface area contributed by atoms with Crippen molar-refractivity contribution in [1.29, 1.82) is 0 Å². The highest BCUT2D eigenvalue weighted by atomic mass is 32.1. The second-order valence-corrected chi connectivity index (χ2v) is 8.94. The summed E-state index contributed by atoms with van der Waals surface area (Å²) in [5, 5.41) is 4.01. The molecule has 0 radical (unpaired) electrons. The van der Waals surface area contributed by atoms with Crippen LogP contribution in [-0.4, -0.2) is 72.2 Å². The number of anilines is 1. The van der Waals surface area contributed by atoms with Crippen LogP contribution in [0.3, 0.4) is 0 Å². The van der Waals surface area contributed by atoms with Gasteiger partial charge in [0.25, 0.3) is 5.91 Å². The number of methoxy groups -OCH3 is 2. The fraction of sp³-hybridized carbons (Fsp3) is 0.417. The van der Waals surface area contributed by atoms with Crippen LogP contribution < -0.4 is 10.1 Å². The van der Waals surface area contributed by atoms with Gasteiger partial charge in [-0.15, -0.1) is 0 Å². The summed E-state index contributed by atoms with van der Waals surface area (Å²) in [6, 6.07) is 10.9. The smallest absolute Gasteiger partial charge is 0.339 e. The zero-order chi connectivity index (χ0) is 23.4. The number of benzene rings is 1. The average molecular weight is 469 g/mol. The molecular weight excluding hydrogens is 440 g/mol. The lowest BCUT2D eigenvalue weighted by Gasteiger charge is -2.40. The Labute approximate surface area is 198 Å². The van der Waals surface area contributed by atoms with Gasteiger partial charge in [-0.3, -0.25) is 9.78 Å². The number of nitrogens with one attached hydrogen (secondary N) is 1. The number of carbonyl (C=O) groups excluding carboxylic acids is 2. The first-order chi connectivity index (χ1) is 15.9. The quantitative estimate of drug-likeness (QED) is 0.541. The summed E-state index contributed by atoms with van der Waals surface area (Å²) in [4.78, 5) is 32.8. The Bertz CT molecular complexity index is 1040. The van der Waals surface area contributed by atoms with Crippen LogP contribution in [0.2, 0.25) is 0 Å². The lowest BCUT2D eigenvalue weighted by Crippen LogP contribution is -2.46. The molecule has 1 aromatic carbocycles. The van der Waals surface area contributed by atoms with Gasteiger partial charge < -0.3 is 24.6 Å². The van der Waals surface area contributed by atoms with E-state index in [9.17, 15) is 9.59 Å². The van der Waals surface area contributed by atoms with E-state index in [1.165, 1.54) is 13.3 Å². The molecule has 2 fully saturated rings. The first kappa shape index (κ1) is 23.0. The summed E-state index contributed by atoms with van der Waals surface area (Å²) in [6.45, 7) is 3.13. The normalized spacial score (nSPS) is 17.0. The maximum atomic E-state index is 12.9. The molecule has 9 heteroatoms. The summed E-state index contributed by atoms with van der Waals surface area (Å²) in [5.41, 5.74) is 1.70. The number of nitrogens with zero attached hydrogens (tertiary/aromatic N) is 3. The van der Waals surface area contributed by atoms with Crippen molar-refractivity contribution in [3.05, 3.63) is 53.9 Å². The highest BCUT2D eigenvalue weighted by Crippen LogP contribution is 2.40. The van der Waals surface area contributed by atoms with E-state index in [0.29, 0.717) is 22.9 Å². The first-order valence-electron chi connectivity index (χ1n) is 11.0. The molecule has 0 aliphatic carbocycles. The molecule has 0 unspecified atom stereocenters. The van der Waals surface area contributed by atoms with Gasteiger partial charge in [0.1, 0.15) is 11.4 Å². The molecule has 0 saturated carbocycles. The summed E-state index contributed by atoms with van der Waals surface area (Å²) < 4.78 is 9.96. The Kier molecular flexibility index (Phi) is 6.78. The van der Waals surface area contributed by atoms with E-state index < -0.39 is 5.97 Å². The third-order valence-electron chi connectivity index (χ3n) is 6.56. The molecule has 1 amide bonds. The monoisotopic (exact) mass is 468 g/mol. The molecule has 33 heavy (non-hydrogen) atoms. The van der Waals surface area contributed by atoms with E-state index in [1.807, 2.05) is 29.2 Å². The Morgan fingerprint density at radius 2 is 1.79 bits per heavy atom. The molecule has 2 aromatic rings. The summed E-state index contributed by atoms with van der Waals surface area (Å²) >= 11 is 5.63. The van der Waals surface area contributed by atoms with E-state index in [2.05, 4.69) is 19.9 Å². The summed E-state index contributed by atoms with van der Waals surface area (Å²) in [6.07, 6.45) is 4.32. The summed E-state index contributed by atoms with van der Waals surface area (Å²) in [5.74, 6) is 0.221. The number of piperidine rings is 1. The minimum atomic E-state index is -0.466. The van der Waals surface area contributed by atoms with Crippen LogP contribution in [0.25, 0.3) is 0 Å². The topological polar surface area (TPSA) is 84.0 Å². The predicted molar refractivity (Wildman–Crippen MR) is 129 cm³/mol. The van der Waals surface area contributed by atoms with Crippen molar-refractivity contribution in [3.63, 3.8) is 0 Å². The van der Waals surface area contributed by atoms with Crippen molar-refractivity contribution in [2.45, 2.75) is 19.3 Å². The third kappa shape index (κ3) is 5.08. The van der Waals surface area contributed by atoms with Gasteiger partial charge >= 0.3 is 5.97 Å². The number of esters is 1. The third-order valence-corrected chi connectivity index (χ3v) is 6.92. The number of aromatic nitrogens is 1. The molecular formula is C24H28N4O4S. The molecule has 2 aliphatic rings. The highest BCUT2D eigenvalue weighted by Gasteiger charge is 2.42. The average Bonchev–Trinajstić information content (AvgIpc) is 3.27. The van der Waals surface area contributed by atoms with Crippen LogP contribution >= 0.6 is 12.2 Å². The molecule has 3 heterocycles. The van der Waals surface area contributed by atoms with Crippen molar-refractivity contribution in [1.82, 2.24) is 14.8 Å². The van der Waals surface area contributed by atoms with Crippen molar-refractivity contribution >= 4 is 34.9 Å². The highest BCUT2D eigenvalue weighted by molar-refractivity contribution is 7.80. The van der Waals surface area contributed by atoms with E-state index >= 15 is 0 Å². The standard InChI is InChI=1S/C24H28N4O4S/c1-31-19-5-3-4-18(14-19)26-23(33)27-11-8-24(9-12-27)10-13-28(16-24)21(29)20-7-6-17(15-25-20)22(30)32-2/h3-7,14-15H,8-13,16H2,1-2H3,(H,26,33). The molecule has 1 aromatic heterocycles. The summed E-state index contributed by atoms with van der Waals surface area (Å²) in [7, 11) is 2.96. The number of thiocarbonyl (C=S) groups is 1. The van der Waals surface area contributed by atoms with E-state index in [1.54, 1.807) is 19.2 Å². The van der Waals surface area contributed by atoms with Gasteiger partial charge in [0.2, 0.25) is 0 Å². The van der Waals surface area contributed by atoms with Crippen molar-refractivity contribution in [2.24, 2.45) is 5.41 Å². The van der Waals surface area contributed by atoms with Gasteiger partial charge in [0, 0.05) is 44.1 Å². The van der Waals surface area contributed by atoms with Crippen LogP contribution in [-0.2, 0) is 4.74 Å².